The smallest absolute Gasteiger partial charge is 0.255 e. The summed E-state index contributed by atoms with van der Waals surface area (Å²) in [6.07, 6.45) is 0.0956. The molecular formula is C18H21NO4. The fourth-order valence-electron chi connectivity index (χ4n) is 2.05. The van der Waals surface area contributed by atoms with Crippen molar-refractivity contribution < 1.29 is 19.0 Å². The third-order valence-electron chi connectivity index (χ3n) is 3.15. The zero-order chi connectivity index (χ0) is 16.8. The molecule has 0 radical (unpaired) electrons. The number of benzene rings is 2. The maximum Gasteiger partial charge on any atom is 0.255 e. The number of nitrogens with one attached hydrogen (secondary N) is 1. The van der Waals surface area contributed by atoms with E-state index in [0.717, 1.165) is 5.75 Å². The monoisotopic (exact) mass is 315 g/mol. The lowest BCUT2D eigenvalue weighted by Crippen LogP contribution is -2.13. The molecule has 5 nitrogen and oxygen atoms in total. The van der Waals surface area contributed by atoms with E-state index in [1.807, 2.05) is 13.8 Å². The van der Waals surface area contributed by atoms with Gasteiger partial charge in [-0.05, 0) is 50.2 Å². The summed E-state index contributed by atoms with van der Waals surface area (Å²) in [5, 5.41) is 2.83. The lowest BCUT2D eigenvalue weighted by atomic mass is 10.2. The molecule has 1 N–H and O–H groups in total. The average molecular weight is 315 g/mol. The van der Waals surface area contributed by atoms with Gasteiger partial charge in [0.1, 0.15) is 17.2 Å². The van der Waals surface area contributed by atoms with Crippen molar-refractivity contribution >= 4 is 11.6 Å². The average Bonchev–Trinajstić information content (AvgIpc) is 2.55. The fourth-order valence-corrected chi connectivity index (χ4v) is 2.05. The van der Waals surface area contributed by atoms with Gasteiger partial charge in [-0.2, -0.15) is 0 Å². The van der Waals surface area contributed by atoms with Crippen molar-refractivity contribution in [1.29, 1.82) is 0 Å². The van der Waals surface area contributed by atoms with Crippen LogP contribution in [0.5, 0.6) is 17.2 Å². The Labute approximate surface area is 136 Å². The predicted molar refractivity (Wildman–Crippen MR) is 89.7 cm³/mol. The minimum atomic E-state index is -0.218. The van der Waals surface area contributed by atoms with E-state index < -0.39 is 0 Å². The molecule has 0 atom stereocenters. The van der Waals surface area contributed by atoms with E-state index in [0.29, 0.717) is 22.7 Å². The molecule has 0 unspecified atom stereocenters. The Balaban J connectivity index is 2.12. The number of rotatable bonds is 6. The van der Waals surface area contributed by atoms with Crippen molar-refractivity contribution in [2.24, 2.45) is 0 Å². The molecule has 1 amide bonds. The second-order valence-corrected chi connectivity index (χ2v) is 5.21. The maximum atomic E-state index is 12.3. The van der Waals surface area contributed by atoms with Crippen LogP contribution in [-0.2, 0) is 0 Å². The van der Waals surface area contributed by atoms with Gasteiger partial charge in [0.15, 0.2) is 0 Å². The SMILES string of the molecule is COc1ccc(NC(=O)c2ccc(OC(C)C)cc2)c(OC)c1. The van der Waals surface area contributed by atoms with Gasteiger partial charge < -0.3 is 19.5 Å². The largest absolute Gasteiger partial charge is 0.497 e. The minimum Gasteiger partial charge on any atom is -0.497 e. The van der Waals surface area contributed by atoms with Crippen molar-refractivity contribution in [3.8, 4) is 17.2 Å². The van der Waals surface area contributed by atoms with E-state index in [1.165, 1.54) is 0 Å². The molecule has 0 aliphatic rings. The molecule has 0 saturated carbocycles. The third kappa shape index (κ3) is 4.39. The second kappa shape index (κ2) is 7.54. The Kier molecular flexibility index (Phi) is 5.46. The van der Waals surface area contributed by atoms with Crippen molar-refractivity contribution in [3.05, 3.63) is 48.0 Å². The van der Waals surface area contributed by atoms with Crippen LogP contribution in [0.3, 0.4) is 0 Å². The number of methoxy groups -OCH3 is 2. The summed E-state index contributed by atoms with van der Waals surface area (Å²) in [4.78, 5) is 12.3. The Morgan fingerprint density at radius 3 is 2.17 bits per heavy atom. The van der Waals surface area contributed by atoms with Gasteiger partial charge in [-0.15, -0.1) is 0 Å². The Bertz CT molecular complexity index is 665. The van der Waals surface area contributed by atoms with Gasteiger partial charge in [0, 0.05) is 11.6 Å². The van der Waals surface area contributed by atoms with Gasteiger partial charge in [0.25, 0.3) is 5.91 Å². The molecule has 2 aromatic carbocycles. The minimum absolute atomic E-state index is 0.0956. The molecule has 0 heterocycles. The van der Waals surface area contributed by atoms with Gasteiger partial charge in [0.2, 0.25) is 0 Å². The summed E-state index contributed by atoms with van der Waals surface area (Å²) in [6, 6.07) is 12.2. The number of ether oxygens (including phenoxy) is 3. The van der Waals surface area contributed by atoms with Crippen molar-refractivity contribution in [2.45, 2.75) is 20.0 Å². The zero-order valence-electron chi connectivity index (χ0n) is 13.8. The van der Waals surface area contributed by atoms with E-state index in [-0.39, 0.29) is 12.0 Å². The molecule has 2 aromatic rings. The van der Waals surface area contributed by atoms with Gasteiger partial charge >= 0.3 is 0 Å². The van der Waals surface area contributed by atoms with Crippen molar-refractivity contribution in [1.82, 2.24) is 0 Å². The van der Waals surface area contributed by atoms with Crippen LogP contribution in [0, 0.1) is 0 Å². The molecule has 0 aromatic heterocycles. The van der Waals surface area contributed by atoms with Crippen LogP contribution in [0.4, 0.5) is 5.69 Å². The Hall–Kier alpha value is -2.69. The van der Waals surface area contributed by atoms with Crippen LogP contribution in [0.2, 0.25) is 0 Å². The highest BCUT2D eigenvalue weighted by Gasteiger charge is 2.11. The van der Waals surface area contributed by atoms with Gasteiger partial charge in [-0.25, -0.2) is 0 Å². The first-order valence-corrected chi connectivity index (χ1v) is 7.33. The van der Waals surface area contributed by atoms with E-state index in [2.05, 4.69) is 5.32 Å². The van der Waals surface area contributed by atoms with E-state index >= 15 is 0 Å². The quantitative estimate of drug-likeness (QED) is 0.882. The maximum absolute atomic E-state index is 12.3. The van der Waals surface area contributed by atoms with E-state index in [9.17, 15) is 4.79 Å². The molecular weight excluding hydrogens is 294 g/mol. The molecule has 0 aliphatic heterocycles. The zero-order valence-corrected chi connectivity index (χ0v) is 13.8. The first-order valence-electron chi connectivity index (χ1n) is 7.33. The Morgan fingerprint density at radius 1 is 0.957 bits per heavy atom. The van der Waals surface area contributed by atoms with Crippen LogP contribution < -0.4 is 19.5 Å². The highest BCUT2D eigenvalue weighted by molar-refractivity contribution is 6.05. The second-order valence-electron chi connectivity index (χ2n) is 5.21. The summed E-state index contributed by atoms with van der Waals surface area (Å²) in [7, 11) is 3.12. The molecule has 2 rings (SSSR count). The van der Waals surface area contributed by atoms with Crippen LogP contribution in [0.1, 0.15) is 24.2 Å². The van der Waals surface area contributed by atoms with E-state index in [1.54, 1.807) is 56.7 Å². The number of carbonyl (C=O) groups excluding carboxylic acids is 1. The molecule has 0 aliphatic carbocycles. The topological polar surface area (TPSA) is 56.8 Å². The lowest BCUT2D eigenvalue weighted by molar-refractivity contribution is 0.102. The number of hydrogen-bond donors (Lipinski definition) is 1. The van der Waals surface area contributed by atoms with Gasteiger partial charge in [-0.3, -0.25) is 4.79 Å². The molecule has 23 heavy (non-hydrogen) atoms. The molecule has 0 saturated heterocycles. The fraction of sp³-hybridized carbons (Fsp3) is 0.278. The molecule has 122 valence electrons. The lowest BCUT2D eigenvalue weighted by Gasteiger charge is -2.12. The molecule has 5 heteroatoms. The number of anilines is 1. The van der Waals surface area contributed by atoms with E-state index in [4.69, 9.17) is 14.2 Å². The summed E-state index contributed by atoms with van der Waals surface area (Å²) in [5.41, 5.74) is 1.12. The molecule has 0 spiro atoms. The standard InChI is InChI=1S/C18H21NO4/c1-12(2)23-14-7-5-13(6-8-14)18(20)19-16-10-9-15(21-3)11-17(16)22-4/h5-12H,1-4H3,(H,19,20). The first kappa shape index (κ1) is 16.7. The number of amides is 1. The molecule has 0 fully saturated rings. The summed E-state index contributed by atoms with van der Waals surface area (Å²) >= 11 is 0. The van der Waals surface area contributed by atoms with Crippen LogP contribution in [0.25, 0.3) is 0 Å². The van der Waals surface area contributed by atoms with Crippen LogP contribution in [0.15, 0.2) is 42.5 Å². The summed E-state index contributed by atoms with van der Waals surface area (Å²) in [5.74, 6) is 1.72. The highest BCUT2D eigenvalue weighted by atomic mass is 16.5. The van der Waals surface area contributed by atoms with Gasteiger partial charge in [-0.1, -0.05) is 0 Å². The Morgan fingerprint density at radius 2 is 1.61 bits per heavy atom. The normalized spacial score (nSPS) is 10.3. The van der Waals surface area contributed by atoms with Crippen molar-refractivity contribution in [2.75, 3.05) is 19.5 Å². The highest BCUT2D eigenvalue weighted by Crippen LogP contribution is 2.29. The predicted octanol–water partition coefficient (Wildman–Crippen LogP) is 3.74. The van der Waals surface area contributed by atoms with Crippen LogP contribution in [-0.4, -0.2) is 26.2 Å². The third-order valence-corrected chi connectivity index (χ3v) is 3.15. The van der Waals surface area contributed by atoms with Crippen LogP contribution >= 0.6 is 0 Å². The summed E-state index contributed by atoms with van der Waals surface area (Å²) < 4.78 is 16.0. The molecule has 0 bridgehead atoms. The number of carbonyl (C=O) groups is 1. The van der Waals surface area contributed by atoms with Crippen molar-refractivity contribution in [3.63, 3.8) is 0 Å². The first-order chi connectivity index (χ1) is 11.0. The summed E-state index contributed by atoms with van der Waals surface area (Å²) in [6.45, 7) is 3.91. The van der Waals surface area contributed by atoms with Gasteiger partial charge in [0.05, 0.1) is 26.0 Å². The number of hydrogen-bond acceptors (Lipinski definition) is 4.